The molecule has 0 radical (unpaired) electrons. The highest BCUT2D eigenvalue weighted by Gasteiger charge is 2.16. The average Bonchev–Trinajstić information content (AvgIpc) is 3.10. The quantitative estimate of drug-likeness (QED) is 0.562. The summed E-state index contributed by atoms with van der Waals surface area (Å²) in [6.07, 6.45) is 1.64. The maximum absolute atomic E-state index is 12.2. The molecule has 0 fully saturated rings. The Hall–Kier alpha value is -1.92. The van der Waals surface area contributed by atoms with Gasteiger partial charge >= 0.3 is 5.97 Å². The number of hydrogen-bond donors (Lipinski definition) is 1. The van der Waals surface area contributed by atoms with E-state index in [0.29, 0.717) is 10.4 Å². The summed E-state index contributed by atoms with van der Waals surface area (Å²) in [5.74, 6) is -0.713. The van der Waals surface area contributed by atoms with Crippen molar-refractivity contribution in [2.75, 3.05) is 6.61 Å². The van der Waals surface area contributed by atoms with Crippen LogP contribution >= 0.6 is 27.3 Å². The first-order valence-corrected chi connectivity index (χ1v) is 7.78. The Morgan fingerprint density at radius 2 is 2.00 bits per heavy atom. The molecular formula is C15H10BrNO3S. The lowest BCUT2D eigenvalue weighted by Crippen LogP contribution is -2.13. The second-order valence-electron chi connectivity index (χ2n) is 4.35. The fourth-order valence-electron chi connectivity index (χ4n) is 2.01. The van der Waals surface area contributed by atoms with Gasteiger partial charge in [-0.1, -0.05) is 18.2 Å². The number of carbonyl (C=O) groups is 2. The van der Waals surface area contributed by atoms with E-state index in [0.717, 1.165) is 14.7 Å². The van der Waals surface area contributed by atoms with Gasteiger partial charge in [0, 0.05) is 22.7 Å². The highest BCUT2D eigenvalue weighted by atomic mass is 79.9. The van der Waals surface area contributed by atoms with Crippen molar-refractivity contribution in [3.63, 3.8) is 0 Å². The highest BCUT2D eigenvalue weighted by molar-refractivity contribution is 9.11. The van der Waals surface area contributed by atoms with Crippen molar-refractivity contribution in [3.05, 3.63) is 56.8 Å². The molecule has 0 amide bonds. The van der Waals surface area contributed by atoms with E-state index in [1.165, 1.54) is 11.3 Å². The predicted molar refractivity (Wildman–Crippen MR) is 84.9 cm³/mol. The summed E-state index contributed by atoms with van der Waals surface area (Å²) in [7, 11) is 0. The third-order valence-corrected chi connectivity index (χ3v) is 4.60. The molecule has 106 valence electrons. The number of benzene rings is 1. The highest BCUT2D eigenvalue weighted by Crippen LogP contribution is 2.23. The topological polar surface area (TPSA) is 59.2 Å². The van der Waals surface area contributed by atoms with E-state index < -0.39 is 5.97 Å². The number of ketones is 1. The molecule has 6 heteroatoms. The Labute approximate surface area is 132 Å². The molecule has 21 heavy (non-hydrogen) atoms. The molecule has 3 aromatic rings. The largest absolute Gasteiger partial charge is 0.453 e. The monoisotopic (exact) mass is 363 g/mol. The third kappa shape index (κ3) is 2.91. The second kappa shape index (κ2) is 5.83. The Morgan fingerprint density at radius 3 is 2.76 bits per heavy atom. The zero-order valence-corrected chi connectivity index (χ0v) is 13.2. The van der Waals surface area contributed by atoms with Crippen LogP contribution in [0, 0.1) is 0 Å². The van der Waals surface area contributed by atoms with Crippen molar-refractivity contribution < 1.29 is 14.3 Å². The van der Waals surface area contributed by atoms with Gasteiger partial charge in [0.25, 0.3) is 0 Å². The zero-order chi connectivity index (χ0) is 14.8. The first-order chi connectivity index (χ1) is 10.1. The molecule has 1 N–H and O–H groups in total. The third-order valence-electron chi connectivity index (χ3n) is 3.00. The number of ether oxygens (including phenoxy) is 1. The van der Waals surface area contributed by atoms with Crippen LogP contribution in [0.25, 0.3) is 10.9 Å². The van der Waals surface area contributed by atoms with Crippen molar-refractivity contribution >= 4 is 49.9 Å². The molecule has 0 bridgehead atoms. The van der Waals surface area contributed by atoms with E-state index in [1.54, 1.807) is 18.3 Å². The van der Waals surface area contributed by atoms with Gasteiger partial charge in [-0.15, -0.1) is 11.3 Å². The number of halogens is 1. The first kappa shape index (κ1) is 14.0. The number of aromatic amines is 1. The average molecular weight is 364 g/mol. The fourth-order valence-corrected chi connectivity index (χ4v) is 3.29. The van der Waals surface area contributed by atoms with Crippen LogP contribution < -0.4 is 0 Å². The van der Waals surface area contributed by atoms with Crippen LogP contribution in [0.15, 0.2) is 46.4 Å². The Kier molecular flexibility index (Phi) is 3.90. The van der Waals surface area contributed by atoms with Crippen LogP contribution in [0.2, 0.25) is 0 Å². The number of Topliss-reactive ketones (excluding diaryl/α,β-unsaturated/α-hetero) is 1. The lowest BCUT2D eigenvalue weighted by molar-refractivity contribution is 0.0480. The van der Waals surface area contributed by atoms with Gasteiger partial charge in [0.15, 0.2) is 6.61 Å². The van der Waals surface area contributed by atoms with Crippen LogP contribution in [-0.2, 0) is 4.74 Å². The maximum atomic E-state index is 12.2. The lowest BCUT2D eigenvalue weighted by atomic mass is 10.1. The molecule has 2 heterocycles. The summed E-state index contributed by atoms with van der Waals surface area (Å²) in [5.41, 5.74) is 1.42. The molecule has 0 unspecified atom stereocenters. The van der Waals surface area contributed by atoms with E-state index in [2.05, 4.69) is 20.9 Å². The molecule has 3 rings (SSSR count). The first-order valence-electron chi connectivity index (χ1n) is 6.17. The van der Waals surface area contributed by atoms with Gasteiger partial charge in [0.1, 0.15) is 4.88 Å². The van der Waals surface area contributed by atoms with Crippen molar-refractivity contribution in [2.45, 2.75) is 0 Å². The van der Waals surface area contributed by atoms with Crippen LogP contribution in [-0.4, -0.2) is 23.3 Å². The molecule has 0 aliphatic carbocycles. The van der Waals surface area contributed by atoms with Gasteiger partial charge in [-0.25, -0.2) is 4.79 Å². The van der Waals surface area contributed by atoms with E-state index in [4.69, 9.17) is 4.74 Å². The smallest absolute Gasteiger partial charge is 0.348 e. The van der Waals surface area contributed by atoms with Gasteiger partial charge in [-0.05, 0) is 34.1 Å². The number of thiophene rings is 1. The molecule has 2 aromatic heterocycles. The lowest BCUT2D eigenvalue weighted by Gasteiger charge is -2.02. The van der Waals surface area contributed by atoms with Crippen LogP contribution in [0.4, 0.5) is 0 Å². The normalized spacial score (nSPS) is 10.7. The fraction of sp³-hybridized carbons (Fsp3) is 0.0667. The number of fused-ring (bicyclic) bond motifs is 1. The van der Waals surface area contributed by atoms with Crippen molar-refractivity contribution in [1.29, 1.82) is 0 Å². The minimum atomic E-state index is -0.487. The second-order valence-corrected chi connectivity index (χ2v) is 6.81. The molecular weight excluding hydrogens is 354 g/mol. The van der Waals surface area contributed by atoms with Crippen LogP contribution in [0.3, 0.4) is 0 Å². The molecule has 0 spiro atoms. The van der Waals surface area contributed by atoms with Gasteiger partial charge < -0.3 is 9.72 Å². The number of aromatic nitrogens is 1. The summed E-state index contributed by atoms with van der Waals surface area (Å²) in [4.78, 5) is 27.5. The SMILES string of the molecule is O=C(OCC(=O)c1c[nH]c2ccccc12)c1ccc(Br)s1. The van der Waals surface area contributed by atoms with Crippen molar-refractivity contribution in [1.82, 2.24) is 4.98 Å². The van der Waals surface area contributed by atoms with Crippen LogP contribution in [0.1, 0.15) is 20.0 Å². The molecule has 4 nitrogen and oxygen atoms in total. The van der Waals surface area contributed by atoms with Gasteiger partial charge in [-0.3, -0.25) is 4.79 Å². The molecule has 0 atom stereocenters. The molecule has 0 aliphatic rings. The molecule has 0 aliphatic heterocycles. The van der Waals surface area contributed by atoms with Crippen LogP contribution in [0.5, 0.6) is 0 Å². The molecule has 0 saturated carbocycles. The number of nitrogens with one attached hydrogen (secondary N) is 1. The zero-order valence-electron chi connectivity index (χ0n) is 10.8. The minimum Gasteiger partial charge on any atom is -0.453 e. The summed E-state index contributed by atoms with van der Waals surface area (Å²) < 4.78 is 5.91. The number of esters is 1. The summed E-state index contributed by atoms with van der Waals surface area (Å²) in [5, 5.41) is 0.831. The Balaban J connectivity index is 1.71. The van der Waals surface area contributed by atoms with Crippen molar-refractivity contribution in [3.8, 4) is 0 Å². The van der Waals surface area contributed by atoms with E-state index in [9.17, 15) is 9.59 Å². The summed E-state index contributed by atoms with van der Waals surface area (Å²) >= 11 is 4.55. The predicted octanol–water partition coefficient (Wildman–Crippen LogP) is 4.03. The van der Waals surface area contributed by atoms with Gasteiger partial charge in [0.2, 0.25) is 5.78 Å². The Bertz CT molecular complexity index is 821. The number of carbonyl (C=O) groups excluding carboxylic acids is 2. The molecule has 0 saturated heterocycles. The number of rotatable bonds is 4. The van der Waals surface area contributed by atoms with E-state index in [1.807, 2.05) is 24.3 Å². The Morgan fingerprint density at radius 1 is 1.19 bits per heavy atom. The van der Waals surface area contributed by atoms with Crippen molar-refractivity contribution in [2.24, 2.45) is 0 Å². The minimum absolute atomic E-state index is 0.226. The molecule has 1 aromatic carbocycles. The van der Waals surface area contributed by atoms with E-state index in [-0.39, 0.29) is 12.4 Å². The van der Waals surface area contributed by atoms with E-state index >= 15 is 0 Å². The summed E-state index contributed by atoms with van der Waals surface area (Å²) in [6, 6.07) is 10.9. The number of H-pyrrole nitrogens is 1. The summed E-state index contributed by atoms with van der Waals surface area (Å²) in [6.45, 7) is -0.268. The van der Waals surface area contributed by atoms with Gasteiger partial charge in [0.05, 0.1) is 3.79 Å². The standard InChI is InChI=1S/C15H10BrNO3S/c16-14-6-5-13(21-14)15(19)20-8-12(18)10-7-17-11-4-2-1-3-9(10)11/h1-7,17H,8H2. The maximum Gasteiger partial charge on any atom is 0.348 e. The number of para-hydroxylation sites is 1. The van der Waals surface area contributed by atoms with Gasteiger partial charge in [-0.2, -0.15) is 0 Å². The number of hydrogen-bond acceptors (Lipinski definition) is 4.